The number of para-hydroxylation sites is 2. The Bertz CT molecular complexity index is 2470. The number of hydrogen-bond acceptors (Lipinski definition) is 1. The van der Waals surface area contributed by atoms with Gasteiger partial charge in [0.05, 0.1) is 22.1 Å². The van der Waals surface area contributed by atoms with E-state index in [1.807, 2.05) is 6.07 Å². The Balaban J connectivity index is 1.33. The number of imidazole rings is 1. The lowest BCUT2D eigenvalue weighted by Gasteiger charge is -2.11. The highest BCUT2D eigenvalue weighted by molar-refractivity contribution is 6.15. The van der Waals surface area contributed by atoms with Gasteiger partial charge in [0.2, 0.25) is 0 Å². The molecular formula is C41H27N3. The fraction of sp³-hybridized carbons (Fsp3) is 0. The lowest BCUT2D eigenvalue weighted by atomic mass is 10.0. The number of rotatable bonds is 4. The Labute approximate surface area is 254 Å². The van der Waals surface area contributed by atoms with E-state index in [1.54, 1.807) is 0 Å². The largest absolute Gasteiger partial charge is 0.309 e. The summed E-state index contributed by atoms with van der Waals surface area (Å²) in [6, 6.07) is 58.4. The minimum Gasteiger partial charge on any atom is -0.309 e. The summed E-state index contributed by atoms with van der Waals surface area (Å²) >= 11 is 0. The summed E-state index contributed by atoms with van der Waals surface area (Å²) in [4.78, 5) is 5.20. The zero-order valence-electron chi connectivity index (χ0n) is 23.9. The molecule has 9 aromatic rings. The second-order valence-corrected chi connectivity index (χ2v) is 11.3. The third-order valence-electron chi connectivity index (χ3n) is 8.66. The third kappa shape index (κ3) is 3.87. The average molecular weight is 562 g/mol. The second kappa shape index (κ2) is 9.82. The molecule has 44 heavy (non-hydrogen) atoms. The van der Waals surface area contributed by atoms with Crippen molar-refractivity contribution in [2.75, 3.05) is 0 Å². The normalized spacial score (nSPS) is 11.6. The molecule has 3 heteroatoms. The van der Waals surface area contributed by atoms with Gasteiger partial charge in [-0.1, -0.05) is 109 Å². The Morgan fingerprint density at radius 2 is 0.977 bits per heavy atom. The molecule has 0 aliphatic heterocycles. The molecule has 2 heterocycles. The topological polar surface area (TPSA) is 22.8 Å². The molecule has 0 aliphatic rings. The highest BCUT2D eigenvalue weighted by Gasteiger charge is 2.18. The summed E-state index contributed by atoms with van der Waals surface area (Å²) in [5.74, 6) is 0.944. The molecule has 3 nitrogen and oxygen atoms in total. The van der Waals surface area contributed by atoms with Crippen molar-refractivity contribution in [2.24, 2.45) is 0 Å². The van der Waals surface area contributed by atoms with E-state index in [4.69, 9.17) is 4.98 Å². The molecule has 2 aromatic heterocycles. The Morgan fingerprint density at radius 1 is 0.364 bits per heavy atom. The summed E-state index contributed by atoms with van der Waals surface area (Å²) in [5, 5.41) is 4.85. The molecule has 0 amide bonds. The van der Waals surface area contributed by atoms with Gasteiger partial charge in [-0.2, -0.15) is 0 Å². The molecule has 0 N–H and O–H groups in total. The van der Waals surface area contributed by atoms with Gasteiger partial charge in [0.15, 0.2) is 0 Å². The van der Waals surface area contributed by atoms with E-state index >= 15 is 0 Å². The standard InChI is InChI=1S/C41H27N3/c1-4-13-28(14-5-1)30-17-12-20-34(23-30)43-38-22-11-10-21-35(38)36-24-31-25-37-40(27-32(31)26-39(36)43)44(33-18-8-3-9-19-33)41(42-37)29-15-6-2-7-16-29/h1-27H. The summed E-state index contributed by atoms with van der Waals surface area (Å²) in [6.45, 7) is 0. The van der Waals surface area contributed by atoms with Crippen LogP contribution in [0.1, 0.15) is 0 Å². The molecule has 0 atom stereocenters. The van der Waals surface area contributed by atoms with Crippen molar-refractivity contribution in [3.05, 3.63) is 164 Å². The third-order valence-corrected chi connectivity index (χ3v) is 8.66. The lowest BCUT2D eigenvalue weighted by molar-refractivity contribution is 1.10. The average Bonchev–Trinajstić information content (AvgIpc) is 3.62. The van der Waals surface area contributed by atoms with Gasteiger partial charge in [0, 0.05) is 27.7 Å². The molecule has 0 unspecified atom stereocenters. The van der Waals surface area contributed by atoms with Crippen LogP contribution in [-0.4, -0.2) is 14.1 Å². The van der Waals surface area contributed by atoms with Crippen molar-refractivity contribution in [2.45, 2.75) is 0 Å². The number of aromatic nitrogens is 3. The predicted molar refractivity (Wildman–Crippen MR) is 184 cm³/mol. The first-order valence-electron chi connectivity index (χ1n) is 15.0. The van der Waals surface area contributed by atoms with Gasteiger partial charge in [-0.05, 0) is 76.5 Å². The van der Waals surface area contributed by atoms with E-state index in [0.717, 1.165) is 33.8 Å². The Morgan fingerprint density at radius 3 is 1.77 bits per heavy atom. The van der Waals surface area contributed by atoms with Crippen LogP contribution in [-0.2, 0) is 0 Å². The van der Waals surface area contributed by atoms with Crippen LogP contribution in [0.2, 0.25) is 0 Å². The molecule has 206 valence electrons. The highest BCUT2D eigenvalue weighted by atomic mass is 15.1. The number of fused-ring (bicyclic) bond motifs is 5. The maximum atomic E-state index is 5.20. The van der Waals surface area contributed by atoms with Gasteiger partial charge < -0.3 is 4.57 Å². The van der Waals surface area contributed by atoms with Crippen LogP contribution in [0.15, 0.2) is 164 Å². The highest BCUT2D eigenvalue weighted by Crippen LogP contribution is 2.38. The van der Waals surface area contributed by atoms with E-state index in [-0.39, 0.29) is 0 Å². The summed E-state index contributed by atoms with van der Waals surface area (Å²) < 4.78 is 4.69. The molecule has 0 aliphatic carbocycles. The van der Waals surface area contributed by atoms with Crippen molar-refractivity contribution < 1.29 is 0 Å². The first kappa shape index (κ1) is 24.6. The van der Waals surface area contributed by atoms with E-state index in [0.29, 0.717) is 0 Å². The van der Waals surface area contributed by atoms with Gasteiger partial charge in [0.1, 0.15) is 5.82 Å². The van der Waals surface area contributed by atoms with E-state index in [1.165, 1.54) is 43.7 Å². The van der Waals surface area contributed by atoms with Gasteiger partial charge in [-0.3, -0.25) is 4.57 Å². The fourth-order valence-corrected chi connectivity index (χ4v) is 6.64. The fourth-order valence-electron chi connectivity index (χ4n) is 6.64. The molecular weight excluding hydrogens is 534 g/mol. The predicted octanol–water partition coefficient (Wildman–Crippen LogP) is 10.6. The Kier molecular flexibility index (Phi) is 5.50. The minimum atomic E-state index is 0.944. The van der Waals surface area contributed by atoms with Crippen LogP contribution in [0.4, 0.5) is 0 Å². The molecule has 0 saturated carbocycles. The van der Waals surface area contributed by atoms with Crippen LogP contribution in [0.25, 0.3) is 77.5 Å². The Hall–Kier alpha value is -5.93. The van der Waals surface area contributed by atoms with E-state index in [2.05, 4.69) is 167 Å². The maximum absolute atomic E-state index is 5.20. The molecule has 0 saturated heterocycles. The van der Waals surface area contributed by atoms with Crippen molar-refractivity contribution >= 4 is 43.6 Å². The molecule has 0 fully saturated rings. The van der Waals surface area contributed by atoms with Gasteiger partial charge in [-0.25, -0.2) is 4.98 Å². The van der Waals surface area contributed by atoms with Crippen LogP contribution < -0.4 is 0 Å². The van der Waals surface area contributed by atoms with E-state index < -0.39 is 0 Å². The summed E-state index contributed by atoms with van der Waals surface area (Å²) in [5.41, 5.74) is 10.2. The second-order valence-electron chi connectivity index (χ2n) is 11.3. The van der Waals surface area contributed by atoms with Crippen LogP contribution in [0, 0.1) is 0 Å². The van der Waals surface area contributed by atoms with Crippen LogP contribution >= 0.6 is 0 Å². The number of benzene rings is 7. The smallest absolute Gasteiger partial charge is 0.145 e. The van der Waals surface area contributed by atoms with Crippen LogP contribution in [0.5, 0.6) is 0 Å². The van der Waals surface area contributed by atoms with Gasteiger partial charge in [0.25, 0.3) is 0 Å². The van der Waals surface area contributed by atoms with Crippen molar-refractivity contribution in [3.8, 4) is 33.9 Å². The maximum Gasteiger partial charge on any atom is 0.145 e. The molecule has 0 radical (unpaired) electrons. The lowest BCUT2D eigenvalue weighted by Crippen LogP contribution is -1.97. The SMILES string of the molecule is c1ccc(-c2cccc(-n3c4ccccc4c4cc5cc6nc(-c7ccccc7)n(-c7ccccc7)c6cc5cc43)c2)cc1. The number of hydrogen-bond donors (Lipinski definition) is 0. The minimum absolute atomic E-state index is 0.944. The van der Waals surface area contributed by atoms with Gasteiger partial charge in [-0.15, -0.1) is 0 Å². The first-order chi connectivity index (χ1) is 21.8. The zero-order chi connectivity index (χ0) is 29.0. The van der Waals surface area contributed by atoms with E-state index in [9.17, 15) is 0 Å². The van der Waals surface area contributed by atoms with Crippen LogP contribution in [0.3, 0.4) is 0 Å². The van der Waals surface area contributed by atoms with Gasteiger partial charge >= 0.3 is 0 Å². The first-order valence-corrected chi connectivity index (χ1v) is 15.0. The quantitative estimate of drug-likeness (QED) is 0.210. The summed E-state index contributed by atoms with van der Waals surface area (Å²) in [7, 11) is 0. The van der Waals surface area contributed by atoms with Crippen molar-refractivity contribution in [1.82, 2.24) is 14.1 Å². The number of nitrogens with zero attached hydrogens (tertiary/aromatic N) is 3. The zero-order valence-corrected chi connectivity index (χ0v) is 23.9. The molecule has 0 bridgehead atoms. The van der Waals surface area contributed by atoms with Crippen molar-refractivity contribution in [3.63, 3.8) is 0 Å². The molecule has 9 rings (SSSR count). The monoisotopic (exact) mass is 561 g/mol. The van der Waals surface area contributed by atoms with Crippen molar-refractivity contribution in [1.29, 1.82) is 0 Å². The summed E-state index contributed by atoms with van der Waals surface area (Å²) in [6.07, 6.45) is 0. The molecule has 0 spiro atoms. The molecule has 7 aromatic carbocycles.